The molecule has 0 spiro atoms. The molecule has 0 radical (unpaired) electrons. The van der Waals surface area contributed by atoms with Crippen molar-refractivity contribution < 1.29 is 13.2 Å². The lowest BCUT2D eigenvalue weighted by Gasteiger charge is -2.08. The predicted octanol–water partition coefficient (Wildman–Crippen LogP) is 0.950. The highest BCUT2D eigenvalue weighted by molar-refractivity contribution is 8.00. The van der Waals surface area contributed by atoms with Gasteiger partial charge in [0.1, 0.15) is 4.21 Å². The Morgan fingerprint density at radius 1 is 1.47 bits per heavy atom. The van der Waals surface area contributed by atoms with Gasteiger partial charge in [0.2, 0.25) is 15.9 Å². The van der Waals surface area contributed by atoms with E-state index in [1.165, 1.54) is 6.07 Å². The summed E-state index contributed by atoms with van der Waals surface area (Å²) in [4.78, 5) is 12.7. The number of hydrogen-bond acceptors (Lipinski definition) is 5. The van der Waals surface area contributed by atoms with Crippen molar-refractivity contribution >= 4 is 39.0 Å². The zero-order valence-electron chi connectivity index (χ0n) is 10.3. The normalized spacial score (nSPS) is 19.5. The SMILES string of the molecule is NS(=O)(=O)c1ccc(CCNC(=O)C2CCCS2)s1. The van der Waals surface area contributed by atoms with Crippen LogP contribution in [0.25, 0.3) is 0 Å². The number of primary sulfonamides is 1. The first-order chi connectivity index (χ1) is 8.97. The molecule has 0 aromatic carbocycles. The van der Waals surface area contributed by atoms with Gasteiger partial charge in [-0.05, 0) is 37.1 Å². The van der Waals surface area contributed by atoms with Crippen molar-refractivity contribution in [1.29, 1.82) is 0 Å². The first-order valence-corrected chi connectivity index (χ1v) is 9.39. The Kier molecular flexibility index (Phi) is 4.88. The van der Waals surface area contributed by atoms with Crippen LogP contribution in [0.15, 0.2) is 16.3 Å². The van der Waals surface area contributed by atoms with Crippen molar-refractivity contribution in [2.75, 3.05) is 12.3 Å². The van der Waals surface area contributed by atoms with E-state index in [9.17, 15) is 13.2 Å². The van der Waals surface area contributed by atoms with Gasteiger partial charge in [0.25, 0.3) is 0 Å². The fourth-order valence-corrected chi connectivity index (χ4v) is 4.82. The van der Waals surface area contributed by atoms with Gasteiger partial charge < -0.3 is 5.32 Å². The summed E-state index contributed by atoms with van der Waals surface area (Å²) in [5.74, 6) is 1.14. The number of amides is 1. The number of nitrogens with two attached hydrogens (primary N) is 1. The third kappa shape index (κ3) is 4.20. The molecule has 8 heteroatoms. The average Bonchev–Trinajstić information content (AvgIpc) is 2.99. The molecule has 3 N–H and O–H groups in total. The van der Waals surface area contributed by atoms with E-state index in [0.29, 0.717) is 13.0 Å². The fourth-order valence-electron chi connectivity index (χ4n) is 1.85. The van der Waals surface area contributed by atoms with Crippen LogP contribution in [0, 0.1) is 0 Å². The second kappa shape index (κ2) is 6.25. The van der Waals surface area contributed by atoms with Crippen LogP contribution < -0.4 is 10.5 Å². The number of thiophene rings is 1. The Labute approximate surface area is 121 Å². The lowest BCUT2D eigenvalue weighted by molar-refractivity contribution is -0.120. The molecule has 106 valence electrons. The molecule has 2 rings (SSSR count). The molecule has 0 bridgehead atoms. The van der Waals surface area contributed by atoms with Gasteiger partial charge in [-0.15, -0.1) is 23.1 Å². The molecule has 19 heavy (non-hydrogen) atoms. The lowest BCUT2D eigenvalue weighted by atomic mass is 10.2. The summed E-state index contributed by atoms with van der Waals surface area (Å²) >= 11 is 2.85. The van der Waals surface area contributed by atoms with Crippen LogP contribution in [0.1, 0.15) is 17.7 Å². The Hall–Kier alpha value is -0.570. The third-order valence-electron chi connectivity index (χ3n) is 2.81. The summed E-state index contributed by atoms with van der Waals surface area (Å²) in [6, 6.07) is 3.24. The largest absolute Gasteiger partial charge is 0.355 e. The standard InChI is InChI=1S/C11H16N2O3S3/c12-19(15,16)10-4-3-8(18-10)5-6-13-11(14)9-2-1-7-17-9/h3-4,9H,1-2,5-7H2,(H,13,14)(H2,12,15,16). The summed E-state index contributed by atoms with van der Waals surface area (Å²) in [5, 5.41) is 8.01. The number of carbonyl (C=O) groups excluding carboxylic acids is 1. The summed E-state index contributed by atoms with van der Waals surface area (Å²) in [7, 11) is -3.61. The van der Waals surface area contributed by atoms with Gasteiger partial charge in [-0.2, -0.15) is 0 Å². The van der Waals surface area contributed by atoms with Crippen LogP contribution in [0.3, 0.4) is 0 Å². The van der Waals surface area contributed by atoms with Crippen molar-refractivity contribution in [3.8, 4) is 0 Å². The molecule has 1 aromatic heterocycles. The van der Waals surface area contributed by atoms with Crippen molar-refractivity contribution in [3.63, 3.8) is 0 Å². The Morgan fingerprint density at radius 3 is 2.84 bits per heavy atom. The smallest absolute Gasteiger partial charge is 0.247 e. The molecule has 0 aliphatic carbocycles. The third-order valence-corrected chi connectivity index (χ3v) is 6.77. The first-order valence-electron chi connectivity index (χ1n) is 5.97. The van der Waals surface area contributed by atoms with E-state index < -0.39 is 10.0 Å². The van der Waals surface area contributed by atoms with Gasteiger partial charge in [0, 0.05) is 11.4 Å². The minimum absolute atomic E-state index is 0.0864. The van der Waals surface area contributed by atoms with E-state index in [1.807, 2.05) is 0 Å². The topological polar surface area (TPSA) is 89.3 Å². The van der Waals surface area contributed by atoms with E-state index in [2.05, 4.69) is 5.32 Å². The average molecular weight is 320 g/mol. The molecule has 1 aromatic rings. The van der Waals surface area contributed by atoms with Crippen molar-refractivity contribution in [1.82, 2.24) is 5.32 Å². The lowest BCUT2D eigenvalue weighted by Crippen LogP contribution is -2.32. The highest BCUT2D eigenvalue weighted by Crippen LogP contribution is 2.26. The molecule has 1 aliphatic rings. The number of sulfonamides is 1. The Balaban J connectivity index is 1.79. The molecular weight excluding hydrogens is 304 g/mol. The summed E-state index contributed by atoms with van der Waals surface area (Å²) in [6.45, 7) is 0.528. The van der Waals surface area contributed by atoms with Crippen LogP contribution in [0.4, 0.5) is 0 Å². The fraction of sp³-hybridized carbons (Fsp3) is 0.545. The Morgan fingerprint density at radius 2 is 2.26 bits per heavy atom. The van der Waals surface area contributed by atoms with Crippen molar-refractivity contribution in [2.24, 2.45) is 5.14 Å². The maximum atomic E-state index is 11.8. The second-order valence-corrected chi connectivity index (χ2v) is 8.58. The highest BCUT2D eigenvalue weighted by atomic mass is 32.2. The van der Waals surface area contributed by atoms with Crippen LogP contribution in [0.5, 0.6) is 0 Å². The molecular formula is C11H16N2O3S3. The summed E-state index contributed by atoms with van der Waals surface area (Å²) in [5.41, 5.74) is 0. The first kappa shape index (κ1) is 14.8. The van der Waals surface area contributed by atoms with Crippen LogP contribution >= 0.6 is 23.1 Å². The molecule has 1 unspecified atom stereocenters. The number of thioether (sulfide) groups is 1. The minimum atomic E-state index is -3.61. The molecule has 1 atom stereocenters. The van der Waals surface area contributed by atoms with Gasteiger partial charge in [-0.3, -0.25) is 4.79 Å². The molecule has 5 nitrogen and oxygen atoms in total. The van der Waals surface area contributed by atoms with Crippen LogP contribution in [-0.4, -0.2) is 31.9 Å². The molecule has 1 amide bonds. The molecule has 1 saturated heterocycles. The predicted molar refractivity (Wildman–Crippen MR) is 77.9 cm³/mol. The number of hydrogen-bond donors (Lipinski definition) is 2. The number of rotatable bonds is 5. The molecule has 0 saturated carbocycles. The van der Waals surface area contributed by atoms with E-state index in [1.54, 1.807) is 17.8 Å². The number of nitrogens with one attached hydrogen (secondary N) is 1. The van der Waals surface area contributed by atoms with E-state index in [-0.39, 0.29) is 15.4 Å². The quantitative estimate of drug-likeness (QED) is 0.845. The monoisotopic (exact) mass is 320 g/mol. The summed E-state index contributed by atoms with van der Waals surface area (Å²) in [6.07, 6.45) is 2.68. The van der Waals surface area contributed by atoms with E-state index in [4.69, 9.17) is 5.14 Å². The summed E-state index contributed by atoms with van der Waals surface area (Å²) < 4.78 is 22.4. The van der Waals surface area contributed by atoms with Gasteiger partial charge >= 0.3 is 0 Å². The van der Waals surface area contributed by atoms with Crippen LogP contribution in [-0.2, 0) is 21.2 Å². The number of carbonyl (C=O) groups is 1. The van der Waals surface area contributed by atoms with Crippen molar-refractivity contribution in [3.05, 3.63) is 17.0 Å². The van der Waals surface area contributed by atoms with Gasteiger partial charge in [0.15, 0.2) is 0 Å². The van der Waals surface area contributed by atoms with Gasteiger partial charge in [-0.25, -0.2) is 13.6 Å². The van der Waals surface area contributed by atoms with Crippen molar-refractivity contribution in [2.45, 2.75) is 28.7 Å². The maximum absolute atomic E-state index is 11.8. The van der Waals surface area contributed by atoms with Crippen LogP contribution in [0.2, 0.25) is 0 Å². The molecule has 1 fully saturated rings. The zero-order valence-corrected chi connectivity index (χ0v) is 12.7. The Bertz CT molecular complexity index is 547. The van der Waals surface area contributed by atoms with E-state index >= 15 is 0 Å². The highest BCUT2D eigenvalue weighted by Gasteiger charge is 2.22. The maximum Gasteiger partial charge on any atom is 0.247 e. The minimum Gasteiger partial charge on any atom is -0.355 e. The second-order valence-electron chi connectivity index (χ2n) is 4.31. The molecule has 1 aliphatic heterocycles. The van der Waals surface area contributed by atoms with E-state index in [0.717, 1.165) is 34.8 Å². The van der Waals surface area contributed by atoms with Gasteiger partial charge in [0.05, 0.1) is 5.25 Å². The zero-order chi connectivity index (χ0) is 13.9. The van der Waals surface area contributed by atoms with Gasteiger partial charge in [-0.1, -0.05) is 0 Å². The molecule has 2 heterocycles.